The SMILES string of the molecule is C/C=C/CCNC(=O)c1csc(-c2cnn(-c3ccccc3)c2)n1. The molecule has 0 bridgehead atoms. The molecule has 0 atom stereocenters. The molecule has 0 saturated carbocycles. The summed E-state index contributed by atoms with van der Waals surface area (Å²) in [5.74, 6) is -0.141. The normalized spacial score (nSPS) is 11.0. The molecule has 1 aromatic carbocycles. The average Bonchev–Trinajstić information content (AvgIpc) is 3.28. The molecule has 0 aliphatic heterocycles. The summed E-state index contributed by atoms with van der Waals surface area (Å²) in [6.07, 6.45) is 8.49. The van der Waals surface area contributed by atoms with Crippen molar-refractivity contribution in [2.45, 2.75) is 13.3 Å². The Morgan fingerprint density at radius 2 is 2.17 bits per heavy atom. The molecule has 3 aromatic rings. The molecule has 1 N–H and O–H groups in total. The van der Waals surface area contributed by atoms with Gasteiger partial charge in [-0.1, -0.05) is 30.4 Å². The highest BCUT2D eigenvalue weighted by atomic mass is 32.1. The molecule has 0 aliphatic rings. The van der Waals surface area contributed by atoms with Crippen molar-refractivity contribution in [3.05, 3.63) is 66.0 Å². The Labute approximate surface area is 144 Å². The van der Waals surface area contributed by atoms with Gasteiger partial charge in [0.05, 0.1) is 11.9 Å². The number of thiazole rings is 1. The Morgan fingerprint density at radius 1 is 1.33 bits per heavy atom. The largest absolute Gasteiger partial charge is 0.350 e. The van der Waals surface area contributed by atoms with Crippen LogP contribution in [0.15, 0.2) is 60.3 Å². The molecule has 0 radical (unpaired) electrons. The van der Waals surface area contributed by atoms with Crippen molar-refractivity contribution < 1.29 is 4.79 Å². The Hall–Kier alpha value is -2.73. The van der Waals surface area contributed by atoms with Crippen LogP contribution in [0.5, 0.6) is 0 Å². The lowest BCUT2D eigenvalue weighted by Gasteiger charge is -1.99. The van der Waals surface area contributed by atoms with Crippen LogP contribution < -0.4 is 5.32 Å². The van der Waals surface area contributed by atoms with Crippen molar-refractivity contribution in [1.29, 1.82) is 0 Å². The van der Waals surface area contributed by atoms with Crippen LogP contribution in [0.1, 0.15) is 23.8 Å². The summed E-state index contributed by atoms with van der Waals surface area (Å²) in [5, 5.41) is 9.79. The molecule has 0 fully saturated rings. The summed E-state index contributed by atoms with van der Waals surface area (Å²) in [6.45, 7) is 2.58. The second-order valence-electron chi connectivity index (χ2n) is 5.16. The number of para-hydroxylation sites is 1. The van der Waals surface area contributed by atoms with Gasteiger partial charge in [-0.25, -0.2) is 9.67 Å². The zero-order valence-electron chi connectivity index (χ0n) is 13.3. The predicted molar refractivity (Wildman–Crippen MR) is 96.4 cm³/mol. The van der Waals surface area contributed by atoms with Crippen LogP contribution in [-0.4, -0.2) is 27.2 Å². The smallest absolute Gasteiger partial charge is 0.270 e. The van der Waals surface area contributed by atoms with Gasteiger partial charge in [0.15, 0.2) is 0 Å². The van der Waals surface area contributed by atoms with Crippen molar-refractivity contribution in [2.75, 3.05) is 6.54 Å². The highest BCUT2D eigenvalue weighted by molar-refractivity contribution is 7.13. The molecule has 2 heterocycles. The molecule has 122 valence electrons. The zero-order valence-corrected chi connectivity index (χ0v) is 14.2. The van der Waals surface area contributed by atoms with E-state index in [1.165, 1.54) is 11.3 Å². The number of allylic oxidation sites excluding steroid dienone is 1. The van der Waals surface area contributed by atoms with Gasteiger partial charge in [0.25, 0.3) is 5.91 Å². The van der Waals surface area contributed by atoms with E-state index in [-0.39, 0.29) is 5.91 Å². The van der Waals surface area contributed by atoms with Gasteiger partial charge in [-0.2, -0.15) is 5.10 Å². The van der Waals surface area contributed by atoms with E-state index in [0.717, 1.165) is 22.7 Å². The van der Waals surface area contributed by atoms with E-state index in [0.29, 0.717) is 12.2 Å². The zero-order chi connectivity index (χ0) is 16.8. The monoisotopic (exact) mass is 338 g/mol. The van der Waals surface area contributed by atoms with Gasteiger partial charge in [-0.15, -0.1) is 11.3 Å². The Balaban J connectivity index is 1.70. The molecule has 0 spiro atoms. The summed E-state index contributed by atoms with van der Waals surface area (Å²) in [4.78, 5) is 16.5. The maximum absolute atomic E-state index is 12.1. The van der Waals surface area contributed by atoms with Gasteiger partial charge in [0.1, 0.15) is 10.7 Å². The van der Waals surface area contributed by atoms with Gasteiger partial charge in [-0.3, -0.25) is 4.79 Å². The third-order valence-electron chi connectivity index (χ3n) is 3.42. The Morgan fingerprint density at radius 3 is 2.96 bits per heavy atom. The summed E-state index contributed by atoms with van der Waals surface area (Å²) in [7, 11) is 0. The van der Waals surface area contributed by atoms with Crippen molar-refractivity contribution in [3.8, 4) is 16.3 Å². The Kier molecular flexibility index (Phi) is 5.18. The van der Waals surface area contributed by atoms with E-state index in [1.807, 2.05) is 55.6 Å². The number of carbonyl (C=O) groups is 1. The quantitative estimate of drug-likeness (QED) is 0.551. The predicted octanol–water partition coefficient (Wildman–Crippen LogP) is 3.69. The van der Waals surface area contributed by atoms with Crippen LogP contribution >= 0.6 is 11.3 Å². The van der Waals surface area contributed by atoms with E-state index >= 15 is 0 Å². The van der Waals surface area contributed by atoms with Gasteiger partial charge in [-0.05, 0) is 25.5 Å². The molecule has 0 unspecified atom stereocenters. The lowest BCUT2D eigenvalue weighted by atomic mass is 10.3. The average molecular weight is 338 g/mol. The lowest BCUT2D eigenvalue weighted by molar-refractivity contribution is 0.0950. The first-order chi connectivity index (χ1) is 11.8. The van der Waals surface area contributed by atoms with Gasteiger partial charge >= 0.3 is 0 Å². The van der Waals surface area contributed by atoms with Crippen LogP contribution in [0.4, 0.5) is 0 Å². The van der Waals surface area contributed by atoms with Crippen molar-refractivity contribution in [1.82, 2.24) is 20.1 Å². The molecular formula is C18H18N4OS. The minimum absolute atomic E-state index is 0.141. The summed E-state index contributed by atoms with van der Waals surface area (Å²) < 4.78 is 1.80. The molecular weight excluding hydrogens is 320 g/mol. The minimum Gasteiger partial charge on any atom is -0.350 e. The van der Waals surface area contributed by atoms with E-state index in [4.69, 9.17) is 0 Å². The second kappa shape index (κ2) is 7.70. The molecule has 1 amide bonds. The highest BCUT2D eigenvalue weighted by Gasteiger charge is 2.12. The maximum Gasteiger partial charge on any atom is 0.270 e. The van der Waals surface area contributed by atoms with E-state index in [9.17, 15) is 4.79 Å². The first-order valence-electron chi connectivity index (χ1n) is 7.73. The summed E-state index contributed by atoms with van der Waals surface area (Å²) in [6, 6.07) is 9.88. The number of aromatic nitrogens is 3. The molecule has 0 aliphatic carbocycles. The summed E-state index contributed by atoms with van der Waals surface area (Å²) >= 11 is 1.44. The van der Waals surface area contributed by atoms with Crippen molar-refractivity contribution in [2.24, 2.45) is 0 Å². The van der Waals surface area contributed by atoms with E-state index in [1.54, 1.807) is 16.3 Å². The fourth-order valence-electron chi connectivity index (χ4n) is 2.19. The van der Waals surface area contributed by atoms with Crippen LogP contribution in [0, 0.1) is 0 Å². The molecule has 24 heavy (non-hydrogen) atoms. The molecule has 0 saturated heterocycles. The topological polar surface area (TPSA) is 59.8 Å². The van der Waals surface area contributed by atoms with Gasteiger partial charge in [0.2, 0.25) is 0 Å². The van der Waals surface area contributed by atoms with Gasteiger partial charge < -0.3 is 5.32 Å². The molecule has 5 nitrogen and oxygen atoms in total. The summed E-state index contributed by atoms with van der Waals surface area (Å²) in [5.41, 5.74) is 2.34. The van der Waals surface area contributed by atoms with Crippen LogP contribution in [0.3, 0.4) is 0 Å². The van der Waals surface area contributed by atoms with Crippen LogP contribution in [-0.2, 0) is 0 Å². The number of carbonyl (C=O) groups excluding carboxylic acids is 1. The number of nitrogens with one attached hydrogen (secondary N) is 1. The number of benzene rings is 1. The molecule has 6 heteroatoms. The minimum atomic E-state index is -0.141. The first kappa shape index (κ1) is 16.1. The van der Waals surface area contributed by atoms with Crippen LogP contribution in [0.2, 0.25) is 0 Å². The molecule has 2 aromatic heterocycles. The number of hydrogen-bond acceptors (Lipinski definition) is 4. The number of rotatable bonds is 6. The highest BCUT2D eigenvalue weighted by Crippen LogP contribution is 2.24. The fraction of sp³-hybridized carbons (Fsp3) is 0.167. The third kappa shape index (κ3) is 3.78. The standard InChI is InChI=1S/C18H18N4OS/c1-2-3-7-10-19-17(23)16-13-24-18(21-16)14-11-20-22(12-14)15-8-5-4-6-9-15/h2-6,8-9,11-13H,7,10H2,1H3,(H,19,23)/b3-2+. The first-order valence-corrected chi connectivity index (χ1v) is 8.61. The van der Waals surface area contributed by atoms with Crippen LogP contribution in [0.25, 0.3) is 16.3 Å². The van der Waals surface area contributed by atoms with E-state index in [2.05, 4.69) is 15.4 Å². The van der Waals surface area contributed by atoms with Crippen molar-refractivity contribution in [3.63, 3.8) is 0 Å². The lowest BCUT2D eigenvalue weighted by Crippen LogP contribution is -2.24. The Bertz CT molecular complexity index is 836. The van der Waals surface area contributed by atoms with E-state index < -0.39 is 0 Å². The van der Waals surface area contributed by atoms with Crippen molar-refractivity contribution >= 4 is 17.2 Å². The molecule has 3 rings (SSSR count). The number of nitrogens with zero attached hydrogens (tertiary/aromatic N) is 3. The maximum atomic E-state index is 12.1. The fourth-order valence-corrected chi connectivity index (χ4v) is 2.97. The number of hydrogen-bond donors (Lipinski definition) is 1. The number of amides is 1. The van der Waals surface area contributed by atoms with Gasteiger partial charge in [0, 0.05) is 23.7 Å². The second-order valence-corrected chi connectivity index (χ2v) is 6.02. The third-order valence-corrected chi connectivity index (χ3v) is 4.31.